The molecule has 0 fully saturated rings. The normalized spacial score (nSPS) is 10.3. The Morgan fingerprint density at radius 3 is 2.80 bits per heavy atom. The molecule has 0 spiro atoms. The van der Waals surface area contributed by atoms with Crippen LogP contribution in [0.2, 0.25) is 0 Å². The Hall–Kier alpha value is -1.22. The van der Waals surface area contributed by atoms with Crippen molar-refractivity contribution in [1.29, 1.82) is 0 Å². The molecule has 1 heterocycles. The lowest BCUT2D eigenvalue weighted by Gasteiger charge is -2.03. The van der Waals surface area contributed by atoms with Crippen molar-refractivity contribution < 1.29 is 0 Å². The highest BCUT2D eigenvalue weighted by atomic mass is 35.5. The van der Waals surface area contributed by atoms with Gasteiger partial charge in [-0.2, -0.15) is 0 Å². The van der Waals surface area contributed by atoms with E-state index in [0.29, 0.717) is 0 Å². The fourth-order valence-electron chi connectivity index (χ4n) is 1.77. The highest BCUT2D eigenvalue weighted by Crippen LogP contribution is 2.18. The van der Waals surface area contributed by atoms with Gasteiger partial charge in [-0.25, -0.2) is 4.98 Å². The zero-order valence-electron chi connectivity index (χ0n) is 9.03. The summed E-state index contributed by atoms with van der Waals surface area (Å²) in [5.74, 6) is 1.06. The van der Waals surface area contributed by atoms with Crippen molar-refractivity contribution in [3.63, 3.8) is 0 Å². The summed E-state index contributed by atoms with van der Waals surface area (Å²) < 4.78 is 2.23. The molecule has 3 nitrogen and oxygen atoms in total. The first-order chi connectivity index (χ1) is 6.72. The van der Waals surface area contributed by atoms with Gasteiger partial charge in [-0.05, 0) is 31.5 Å². The van der Waals surface area contributed by atoms with Crippen LogP contribution in [0.1, 0.15) is 19.2 Å². The van der Waals surface area contributed by atoms with Gasteiger partial charge in [0.2, 0.25) is 0 Å². The van der Waals surface area contributed by atoms with Crippen LogP contribution in [-0.4, -0.2) is 9.55 Å². The van der Waals surface area contributed by atoms with Crippen LogP contribution in [0.3, 0.4) is 0 Å². The van der Waals surface area contributed by atoms with Gasteiger partial charge < -0.3 is 10.3 Å². The first kappa shape index (κ1) is 11.9. The van der Waals surface area contributed by atoms with Gasteiger partial charge in [0.25, 0.3) is 0 Å². The summed E-state index contributed by atoms with van der Waals surface area (Å²) in [7, 11) is 0. The molecule has 2 rings (SSSR count). The Balaban J connectivity index is 0.00000112. The van der Waals surface area contributed by atoms with Gasteiger partial charge >= 0.3 is 0 Å². The molecular weight excluding hydrogens is 210 g/mol. The minimum Gasteiger partial charge on any atom is -0.399 e. The molecule has 0 aliphatic carbocycles. The van der Waals surface area contributed by atoms with Crippen molar-refractivity contribution >= 4 is 29.1 Å². The van der Waals surface area contributed by atoms with Gasteiger partial charge in [-0.1, -0.05) is 6.92 Å². The van der Waals surface area contributed by atoms with Gasteiger partial charge in [0.05, 0.1) is 11.0 Å². The molecule has 0 atom stereocenters. The van der Waals surface area contributed by atoms with Crippen LogP contribution in [0.4, 0.5) is 5.69 Å². The number of hydrogen-bond acceptors (Lipinski definition) is 2. The number of benzene rings is 1. The Morgan fingerprint density at radius 2 is 2.13 bits per heavy atom. The fourth-order valence-corrected chi connectivity index (χ4v) is 1.77. The van der Waals surface area contributed by atoms with Crippen molar-refractivity contribution in [2.75, 3.05) is 5.73 Å². The second-order valence-corrected chi connectivity index (χ2v) is 3.56. The highest BCUT2D eigenvalue weighted by Gasteiger charge is 2.05. The predicted octanol–water partition coefficient (Wildman–Crippen LogP) is 2.76. The number of rotatable bonds is 2. The number of hydrogen-bond donors (Lipinski definition) is 1. The van der Waals surface area contributed by atoms with E-state index < -0.39 is 0 Å². The number of aromatic nitrogens is 2. The van der Waals surface area contributed by atoms with E-state index in [-0.39, 0.29) is 12.4 Å². The summed E-state index contributed by atoms with van der Waals surface area (Å²) in [5, 5.41) is 0. The number of halogens is 1. The Bertz CT molecular complexity index is 462. The van der Waals surface area contributed by atoms with E-state index in [4.69, 9.17) is 5.73 Å². The van der Waals surface area contributed by atoms with Crippen LogP contribution in [0, 0.1) is 6.92 Å². The maximum Gasteiger partial charge on any atom is 0.106 e. The van der Waals surface area contributed by atoms with Crippen LogP contribution < -0.4 is 5.73 Å². The first-order valence-electron chi connectivity index (χ1n) is 4.94. The van der Waals surface area contributed by atoms with E-state index in [1.807, 2.05) is 25.1 Å². The van der Waals surface area contributed by atoms with Crippen molar-refractivity contribution in [2.24, 2.45) is 0 Å². The van der Waals surface area contributed by atoms with E-state index in [1.54, 1.807) is 0 Å². The molecule has 2 N–H and O–H groups in total. The molecule has 0 bridgehead atoms. The fraction of sp³-hybridized carbons (Fsp3) is 0.364. The van der Waals surface area contributed by atoms with Crippen LogP contribution in [0.15, 0.2) is 18.2 Å². The van der Waals surface area contributed by atoms with Crippen molar-refractivity contribution in [1.82, 2.24) is 9.55 Å². The number of fused-ring (bicyclic) bond motifs is 1. The van der Waals surface area contributed by atoms with Crippen molar-refractivity contribution in [3.05, 3.63) is 24.0 Å². The maximum absolute atomic E-state index is 5.71. The standard InChI is InChI=1S/C11H15N3.ClH/c1-3-6-14-8(2)13-10-7-9(12)4-5-11(10)14;/h4-5,7H,3,6,12H2,1-2H3;1H. The monoisotopic (exact) mass is 225 g/mol. The molecule has 0 amide bonds. The van der Waals surface area contributed by atoms with E-state index >= 15 is 0 Å². The lowest BCUT2D eigenvalue weighted by atomic mass is 10.3. The summed E-state index contributed by atoms with van der Waals surface area (Å²) in [5.41, 5.74) is 8.66. The molecule has 0 saturated heterocycles. The molecule has 1 aromatic carbocycles. The molecular formula is C11H16ClN3. The molecule has 4 heteroatoms. The molecule has 0 saturated carbocycles. The second kappa shape index (κ2) is 4.53. The summed E-state index contributed by atoms with van der Waals surface area (Å²) in [6, 6.07) is 5.89. The van der Waals surface area contributed by atoms with E-state index in [2.05, 4.69) is 16.5 Å². The van der Waals surface area contributed by atoms with Gasteiger partial charge in [0.15, 0.2) is 0 Å². The lowest BCUT2D eigenvalue weighted by molar-refractivity contribution is 0.676. The third-order valence-corrected chi connectivity index (χ3v) is 2.41. The molecule has 82 valence electrons. The largest absolute Gasteiger partial charge is 0.399 e. The SMILES string of the molecule is CCCn1c(C)nc2cc(N)ccc21.Cl. The minimum atomic E-state index is 0. The van der Waals surface area contributed by atoms with Gasteiger partial charge in [0.1, 0.15) is 5.82 Å². The number of nitrogens with zero attached hydrogens (tertiary/aromatic N) is 2. The topological polar surface area (TPSA) is 43.8 Å². The van der Waals surface area contributed by atoms with E-state index in [9.17, 15) is 0 Å². The molecule has 0 unspecified atom stereocenters. The highest BCUT2D eigenvalue weighted by molar-refractivity contribution is 5.85. The number of imidazole rings is 1. The molecule has 2 aromatic rings. The maximum atomic E-state index is 5.71. The van der Waals surface area contributed by atoms with Crippen LogP contribution in [0.25, 0.3) is 11.0 Å². The molecule has 1 aromatic heterocycles. The van der Waals surface area contributed by atoms with Gasteiger partial charge in [-0.3, -0.25) is 0 Å². The zero-order valence-corrected chi connectivity index (χ0v) is 9.84. The molecule has 0 radical (unpaired) electrons. The smallest absolute Gasteiger partial charge is 0.106 e. The number of anilines is 1. The van der Waals surface area contributed by atoms with Crippen LogP contribution in [-0.2, 0) is 6.54 Å². The zero-order chi connectivity index (χ0) is 10.1. The van der Waals surface area contributed by atoms with Gasteiger partial charge in [0, 0.05) is 12.2 Å². The average molecular weight is 226 g/mol. The first-order valence-corrected chi connectivity index (χ1v) is 4.94. The third-order valence-electron chi connectivity index (χ3n) is 2.41. The van der Waals surface area contributed by atoms with E-state index in [1.165, 1.54) is 5.52 Å². The third kappa shape index (κ3) is 2.07. The Labute approximate surface area is 95.7 Å². The molecule has 15 heavy (non-hydrogen) atoms. The number of nitrogen functional groups attached to an aromatic ring is 1. The van der Waals surface area contributed by atoms with E-state index in [0.717, 1.165) is 30.0 Å². The predicted molar refractivity (Wildman–Crippen MR) is 66.4 cm³/mol. The summed E-state index contributed by atoms with van der Waals surface area (Å²) >= 11 is 0. The van der Waals surface area contributed by atoms with Gasteiger partial charge in [-0.15, -0.1) is 12.4 Å². The number of nitrogens with two attached hydrogens (primary N) is 1. The average Bonchev–Trinajstić information content (AvgIpc) is 2.43. The quantitative estimate of drug-likeness (QED) is 0.799. The summed E-state index contributed by atoms with van der Waals surface area (Å²) in [6.07, 6.45) is 1.12. The second-order valence-electron chi connectivity index (χ2n) is 3.56. The molecule has 0 aliphatic rings. The number of aryl methyl sites for hydroxylation is 2. The minimum absolute atomic E-state index is 0. The summed E-state index contributed by atoms with van der Waals surface area (Å²) in [6.45, 7) is 5.22. The van der Waals surface area contributed by atoms with Crippen molar-refractivity contribution in [2.45, 2.75) is 26.8 Å². The summed E-state index contributed by atoms with van der Waals surface area (Å²) in [4.78, 5) is 4.48. The van der Waals surface area contributed by atoms with Crippen molar-refractivity contribution in [3.8, 4) is 0 Å². The Kier molecular flexibility index (Phi) is 3.58. The lowest BCUT2D eigenvalue weighted by Crippen LogP contribution is -1.98. The van der Waals surface area contributed by atoms with Crippen LogP contribution >= 0.6 is 12.4 Å². The Morgan fingerprint density at radius 1 is 1.40 bits per heavy atom. The molecule has 0 aliphatic heterocycles. The van der Waals surface area contributed by atoms with Crippen LogP contribution in [0.5, 0.6) is 0 Å².